The first-order valence-electron chi connectivity index (χ1n) is 10.8. The van der Waals surface area contributed by atoms with Crippen molar-refractivity contribution in [3.63, 3.8) is 0 Å². The van der Waals surface area contributed by atoms with Gasteiger partial charge >= 0.3 is 12.0 Å². The van der Waals surface area contributed by atoms with E-state index in [-0.39, 0.29) is 25.9 Å². The Kier molecular flexibility index (Phi) is 7.12. The highest BCUT2D eigenvalue weighted by Gasteiger charge is 2.37. The summed E-state index contributed by atoms with van der Waals surface area (Å²) < 4.78 is 1.93. The van der Waals surface area contributed by atoms with Crippen LogP contribution in [0.4, 0.5) is 10.5 Å². The van der Waals surface area contributed by atoms with E-state index in [0.717, 1.165) is 11.3 Å². The number of urea groups is 1. The summed E-state index contributed by atoms with van der Waals surface area (Å²) in [5.74, 6) is -1.43. The minimum Gasteiger partial charge on any atom is -0.481 e. The monoisotopic (exact) mass is 481 g/mol. The average molecular weight is 482 g/mol. The number of benzene rings is 2. The number of anilines is 1. The highest BCUT2D eigenvalue weighted by molar-refractivity contribution is 6.31. The molecule has 1 atom stereocenters. The number of carboxylic acid groups (broad SMARTS) is 1. The van der Waals surface area contributed by atoms with Crippen LogP contribution < -0.4 is 10.6 Å². The molecule has 4 rings (SSSR count). The van der Waals surface area contributed by atoms with Gasteiger partial charge in [-0.05, 0) is 23.8 Å². The third-order valence-electron chi connectivity index (χ3n) is 5.64. The van der Waals surface area contributed by atoms with Crippen LogP contribution in [0.3, 0.4) is 0 Å². The molecule has 0 saturated carbocycles. The summed E-state index contributed by atoms with van der Waals surface area (Å²) in [7, 11) is 0. The largest absolute Gasteiger partial charge is 0.481 e. The van der Waals surface area contributed by atoms with E-state index >= 15 is 0 Å². The number of rotatable bonds is 7. The van der Waals surface area contributed by atoms with Crippen LogP contribution in [0.25, 0.3) is 0 Å². The van der Waals surface area contributed by atoms with Gasteiger partial charge in [0.25, 0.3) is 0 Å². The van der Waals surface area contributed by atoms with Gasteiger partial charge in [0, 0.05) is 23.7 Å². The minimum absolute atomic E-state index is 0.0212. The topological polar surface area (TPSA) is 117 Å². The number of carbonyl (C=O) groups is 3. The number of carboxylic acids is 1. The normalized spacial score (nSPS) is 14.9. The molecule has 1 unspecified atom stereocenters. The maximum atomic E-state index is 13.2. The van der Waals surface area contributed by atoms with E-state index in [4.69, 9.17) is 16.7 Å². The van der Waals surface area contributed by atoms with Crippen LogP contribution in [0.5, 0.6) is 0 Å². The lowest BCUT2D eigenvalue weighted by Gasteiger charge is -2.34. The van der Waals surface area contributed by atoms with Gasteiger partial charge < -0.3 is 25.2 Å². The first-order chi connectivity index (χ1) is 16.4. The van der Waals surface area contributed by atoms with Crippen molar-refractivity contribution in [3.05, 3.63) is 82.9 Å². The van der Waals surface area contributed by atoms with Gasteiger partial charge in [-0.1, -0.05) is 48.0 Å². The molecule has 1 aliphatic heterocycles. The van der Waals surface area contributed by atoms with Crippen molar-refractivity contribution in [3.8, 4) is 0 Å². The molecule has 0 bridgehead atoms. The number of aromatic nitrogens is 2. The fourth-order valence-electron chi connectivity index (χ4n) is 3.89. The summed E-state index contributed by atoms with van der Waals surface area (Å²) in [6.45, 7) is 0.619. The Balaban J connectivity index is 1.58. The molecular weight excluding hydrogens is 458 g/mol. The number of para-hydroxylation sites is 1. The number of halogens is 1. The lowest BCUT2D eigenvalue weighted by Crippen LogP contribution is -2.54. The SMILES string of the molecule is O=C(O)CCNC(=O)C1Cc2ncn(Cc3ccccc3Cl)c2CN1C(=O)Nc1ccccc1. The van der Waals surface area contributed by atoms with Crippen LogP contribution in [0, 0.1) is 0 Å². The molecule has 3 aromatic rings. The number of hydrogen-bond donors (Lipinski definition) is 3. The fraction of sp³-hybridized carbons (Fsp3) is 0.250. The maximum absolute atomic E-state index is 13.2. The Bertz CT molecular complexity index is 1200. The summed E-state index contributed by atoms with van der Waals surface area (Å²) in [4.78, 5) is 42.9. The molecule has 176 valence electrons. The summed E-state index contributed by atoms with van der Waals surface area (Å²) in [5.41, 5.74) is 3.05. The third-order valence-corrected chi connectivity index (χ3v) is 6.01. The highest BCUT2D eigenvalue weighted by Crippen LogP contribution is 2.26. The molecule has 3 N–H and O–H groups in total. The molecule has 0 fully saturated rings. The van der Waals surface area contributed by atoms with Crippen molar-refractivity contribution in [2.75, 3.05) is 11.9 Å². The van der Waals surface area contributed by atoms with Crippen molar-refractivity contribution in [2.45, 2.75) is 32.0 Å². The highest BCUT2D eigenvalue weighted by atomic mass is 35.5. The van der Waals surface area contributed by atoms with Crippen LogP contribution in [0.1, 0.15) is 23.4 Å². The number of carbonyl (C=O) groups excluding carboxylic acids is 2. The van der Waals surface area contributed by atoms with E-state index in [9.17, 15) is 14.4 Å². The number of nitrogens with one attached hydrogen (secondary N) is 2. The molecule has 0 radical (unpaired) electrons. The zero-order chi connectivity index (χ0) is 24.1. The van der Waals surface area contributed by atoms with Crippen molar-refractivity contribution in [2.24, 2.45) is 0 Å². The Labute approximate surface area is 201 Å². The summed E-state index contributed by atoms with van der Waals surface area (Å²) in [6, 6.07) is 15.2. The zero-order valence-corrected chi connectivity index (χ0v) is 19.0. The molecular formula is C24H24ClN5O4. The lowest BCUT2D eigenvalue weighted by molar-refractivity contribution is -0.137. The van der Waals surface area contributed by atoms with Crippen molar-refractivity contribution < 1.29 is 19.5 Å². The van der Waals surface area contributed by atoms with Gasteiger partial charge in [0.1, 0.15) is 6.04 Å². The molecule has 9 nitrogen and oxygen atoms in total. The molecule has 0 saturated heterocycles. The third kappa shape index (κ3) is 5.37. The second kappa shape index (κ2) is 10.4. The fourth-order valence-corrected chi connectivity index (χ4v) is 4.08. The predicted octanol–water partition coefficient (Wildman–Crippen LogP) is 3.13. The van der Waals surface area contributed by atoms with Crippen LogP contribution in [-0.2, 0) is 29.1 Å². The maximum Gasteiger partial charge on any atom is 0.322 e. The van der Waals surface area contributed by atoms with E-state index in [2.05, 4.69) is 15.6 Å². The van der Waals surface area contributed by atoms with Crippen LogP contribution in [0.15, 0.2) is 60.9 Å². The molecule has 0 aliphatic carbocycles. The minimum atomic E-state index is -1.01. The Morgan fingerprint density at radius 1 is 1.09 bits per heavy atom. The number of fused-ring (bicyclic) bond motifs is 1. The van der Waals surface area contributed by atoms with Gasteiger partial charge in [0.05, 0.1) is 37.2 Å². The molecule has 1 aliphatic rings. The first-order valence-corrected chi connectivity index (χ1v) is 11.2. The van der Waals surface area contributed by atoms with E-state index in [1.807, 2.05) is 34.9 Å². The van der Waals surface area contributed by atoms with E-state index in [1.165, 1.54) is 4.90 Å². The number of amides is 3. The molecule has 34 heavy (non-hydrogen) atoms. The van der Waals surface area contributed by atoms with Crippen molar-refractivity contribution in [1.29, 1.82) is 0 Å². The Hall–Kier alpha value is -3.85. The second-order valence-electron chi connectivity index (χ2n) is 7.94. The van der Waals surface area contributed by atoms with Crippen molar-refractivity contribution >= 4 is 35.2 Å². The lowest BCUT2D eigenvalue weighted by atomic mass is 10.0. The second-order valence-corrected chi connectivity index (χ2v) is 8.34. The van der Waals surface area contributed by atoms with Crippen LogP contribution in [-0.4, -0.2) is 50.1 Å². The van der Waals surface area contributed by atoms with Gasteiger partial charge in [0.2, 0.25) is 5.91 Å². The van der Waals surface area contributed by atoms with Gasteiger partial charge in [-0.3, -0.25) is 9.59 Å². The van der Waals surface area contributed by atoms with Gasteiger partial charge in [-0.15, -0.1) is 0 Å². The summed E-state index contributed by atoms with van der Waals surface area (Å²) in [5, 5.41) is 15.0. The molecule has 3 amide bonds. The molecule has 1 aromatic heterocycles. The standard InChI is InChI=1S/C24H24ClN5O4/c25-18-9-5-4-6-16(18)13-29-15-27-19-12-20(23(33)26-11-10-22(31)32)30(14-21(19)29)24(34)28-17-7-2-1-3-8-17/h1-9,15,20H,10-14H2,(H,26,33)(H,28,34)(H,31,32). The van der Waals surface area contributed by atoms with E-state index in [1.54, 1.807) is 30.6 Å². The number of imidazole rings is 1. The first kappa shape index (κ1) is 23.3. The molecule has 10 heteroatoms. The molecule has 2 aromatic carbocycles. The Morgan fingerprint density at radius 2 is 1.82 bits per heavy atom. The summed E-state index contributed by atoms with van der Waals surface area (Å²) >= 11 is 6.33. The van der Waals surface area contributed by atoms with Gasteiger partial charge in [-0.2, -0.15) is 0 Å². The van der Waals surface area contributed by atoms with E-state index in [0.29, 0.717) is 22.9 Å². The van der Waals surface area contributed by atoms with E-state index < -0.39 is 23.9 Å². The van der Waals surface area contributed by atoms with Crippen LogP contribution in [0.2, 0.25) is 5.02 Å². The van der Waals surface area contributed by atoms with Crippen LogP contribution >= 0.6 is 11.6 Å². The summed E-state index contributed by atoms with van der Waals surface area (Å²) in [6.07, 6.45) is 1.70. The zero-order valence-electron chi connectivity index (χ0n) is 18.3. The smallest absolute Gasteiger partial charge is 0.322 e. The number of hydrogen-bond acceptors (Lipinski definition) is 4. The van der Waals surface area contributed by atoms with Gasteiger partial charge in [0.15, 0.2) is 0 Å². The average Bonchev–Trinajstić information content (AvgIpc) is 3.21. The number of nitrogens with zero attached hydrogens (tertiary/aromatic N) is 3. The van der Waals surface area contributed by atoms with Gasteiger partial charge in [-0.25, -0.2) is 9.78 Å². The Morgan fingerprint density at radius 3 is 2.56 bits per heavy atom. The number of aliphatic carboxylic acids is 1. The molecule has 0 spiro atoms. The predicted molar refractivity (Wildman–Crippen MR) is 127 cm³/mol. The van der Waals surface area contributed by atoms with Crippen molar-refractivity contribution in [1.82, 2.24) is 19.8 Å². The molecule has 2 heterocycles. The quantitative estimate of drug-likeness (QED) is 0.479.